The second kappa shape index (κ2) is 8.16. The van der Waals surface area contributed by atoms with Gasteiger partial charge in [0, 0.05) is 18.1 Å². The number of rotatable bonds is 7. The van der Waals surface area contributed by atoms with Crippen LogP contribution >= 0.6 is 0 Å². The summed E-state index contributed by atoms with van der Waals surface area (Å²) < 4.78 is 0. The van der Waals surface area contributed by atoms with E-state index in [0.29, 0.717) is 12.1 Å². The van der Waals surface area contributed by atoms with Gasteiger partial charge in [-0.2, -0.15) is 0 Å². The first-order chi connectivity index (χ1) is 8.63. The number of nitrogens with zero attached hydrogens (tertiary/aromatic N) is 1. The standard InChI is InChI=1S/C16H34N2/c1-6-11-17-15-10-9-14(8-3)12-16(15)18(5)13(4)7-2/h13-17H,6-12H2,1-5H3. The molecule has 0 bridgehead atoms. The minimum atomic E-state index is 0.705. The Hall–Kier alpha value is -0.0800. The van der Waals surface area contributed by atoms with Crippen molar-refractivity contribution >= 4 is 0 Å². The highest BCUT2D eigenvalue weighted by molar-refractivity contribution is 4.91. The molecule has 1 aliphatic carbocycles. The first kappa shape index (κ1) is 16.0. The molecule has 0 aromatic carbocycles. The third kappa shape index (κ3) is 4.24. The molecule has 0 heterocycles. The average molecular weight is 254 g/mol. The molecule has 1 saturated carbocycles. The summed E-state index contributed by atoms with van der Waals surface area (Å²) in [7, 11) is 2.33. The van der Waals surface area contributed by atoms with E-state index < -0.39 is 0 Å². The molecule has 0 radical (unpaired) electrons. The van der Waals surface area contributed by atoms with Crippen LogP contribution in [0.15, 0.2) is 0 Å². The van der Waals surface area contributed by atoms with Gasteiger partial charge in [0.15, 0.2) is 0 Å². The smallest absolute Gasteiger partial charge is 0.0251 e. The molecule has 1 rings (SSSR count). The minimum absolute atomic E-state index is 0.705. The van der Waals surface area contributed by atoms with Crippen molar-refractivity contribution < 1.29 is 0 Å². The molecular formula is C16H34N2. The van der Waals surface area contributed by atoms with E-state index in [0.717, 1.165) is 12.0 Å². The highest BCUT2D eigenvalue weighted by Gasteiger charge is 2.33. The van der Waals surface area contributed by atoms with Crippen LogP contribution < -0.4 is 5.32 Å². The maximum absolute atomic E-state index is 3.78. The van der Waals surface area contributed by atoms with Gasteiger partial charge in [0.05, 0.1) is 0 Å². The summed E-state index contributed by atoms with van der Waals surface area (Å²) in [6.07, 6.45) is 8.02. The summed E-state index contributed by atoms with van der Waals surface area (Å²) >= 11 is 0. The van der Waals surface area contributed by atoms with Crippen LogP contribution in [0.2, 0.25) is 0 Å². The van der Waals surface area contributed by atoms with Gasteiger partial charge in [-0.25, -0.2) is 0 Å². The third-order valence-electron chi connectivity index (χ3n) is 4.97. The molecule has 0 aliphatic heterocycles. The normalized spacial score (nSPS) is 30.7. The van der Waals surface area contributed by atoms with Crippen molar-refractivity contribution in [3.63, 3.8) is 0 Å². The quantitative estimate of drug-likeness (QED) is 0.746. The molecule has 4 atom stereocenters. The van der Waals surface area contributed by atoms with Crippen molar-refractivity contribution in [2.45, 2.75) is 84.3 Å². The summed E-state index contributed by atoms with van der Waals surface area (Å²) in [5.74, 6) is 0.946. The lowest BCUT2D eigenvalue weighted by Gasteiger charge is -2.44. The molecule has 4 unspecified atom stereocenters. The molecule has 0 amide bonds. The lowest BCUT2D eigenvalue weighted by molar-refractivity contribution is 0.0868. The maximum atomic E-state index is 3.78. The summed E-state index contributed by atoms with van der Waals surface area (Å²) in [5, 5.41) is 3.78. The predicted octanol–water partition coefficient (Wildman–Crippen LogP) is 3.66. The monoisotopic (exact) mass is 254 g/mol. The van der Waals surface area contributed by atoms with E-state index in [4.69, 9.17) is 0 Å². The van der Waals surface area contributed by atoms with Gasteiger partial charge in [-0.05, 0) is 58.5 Å². The van der Waals surface area contributed by atoms with E-state index in [1.54, 1.807) is 0 Å². The van der Waals surface area contributed by atoms with Crippen LogP contribution in [0.3, 0.4) is 0 Å². The van der Waals surface area contributed by atoms with Crippen molar-refractivity contribution in [3.8, 4) is 0 Å². The van der Waals surface area contributed by atoms with Crippen LogP contribution in [-0.4, -0.2) is 36.6 Å². The third-order valence-corrected chi connectivity index (χ3v) is 4.97. The van der Waals surface area contributed by atoms with Crippen molar-refractivity contribution in [2.75, 3.05) is 13.6 Å². The largest absolute Gasteiger partial charge is 0.312 e. The van der Waals surface area contributed by atoms with Gasteiger partial charge >= 0.3 is 0 Å². The van der Waals surface area contributed by atoms with Crippen LogP contribution in [0.5, 0.6) is 0 Å². The number of nitrogens with one attached hydrogen (secondary N) is 1. The Morgan fingerprint density at radius 3 is 2.50 bits per heavy atom. The first-order valence-corrected chi connectivity index (χ1v) is 8.09. The van der Waals surface area contributed by atoms with E-state index >= 15 is 0 Å². The van der Waals surface area contributed by atoms with Crippen LogP contribution in [0.25, 0.3) is 0 Å². The second-order valence-corrected chi connectivity index (χ2v) is 6.14. The number of hydrogen-bond acceptors (Lipinski definition) is 2. The SMILES string of the molecule is CCCNC1CCC(CC)CC1N(C)C(C)CC. The van der Waals surface area contributed by atoms with E-state index in [1.165, 1.54) is 45.1 Å². The number of likely N-dealkylation sites (N-methyl/N-ethyl adjacent to an activating group) is 1. The molecule has 108 valence electrons. The van der Waals surface area contributed by atoms with Gasteiger partial charge in [-0.3, -0.25) is 4.90 Å². The highest BCUT2D eigenvalue weighted by atomic mass is 15.2. The fourth-order valence-electron chi connectivity index (χ4n) is 3.23. The summed E-state index contributed by atoms with van der Waals surface area (Å²) in [6.45, 7) is 10.5. The Balaban J connectivity index is 2.63. The van der Waals surface area contributed by atoms with Gasteiger partial charge in [0.2, 0.25) is 0 Å². The zero-order valence-electron chi connectivity index (χ0n) is 13.2. The molecular weight excluding hydrogens is 220 g/mol. The Morgan fingerprint density at radius 1 is 1.22 bits per heavy atom. The lowest BCUT2D eigenvalue weighted by Crippen LogP contribution is -2.54. The maximum Gasteiger partial charge on any atom is 0.0251 e. The van der Waals surface area contributed by atoms with Crippen molar-refractivity contribution in [3.05, 3.63) is 0 Å². The van der Waals surface area contributed by atoms with Gasteiger partial charge in [0.1, 0.15) is 0 Å². The fraction of sp³-hybridized carbons (Fsp3) is 1.00. The van der Waals surface area contributed by atoms with Crippen LogP contribution in [0.4, 0.5) is 0 Å². The van der Waals surface area contributed by atoms with Crippen molar-refractivity contribution in [1.29, 1.82) is 0 Å². The van der Waals surface area contributed by atoms with Crippen molar-refractivity contribution in [2.24, 2.45) is 5.92 Å². The zero-order chi connectivity index (χ0) is 13.5. The van der Waals surface area contributed by atoms with E-state index in [9.17, 15) is 0 Å². The molecule has 1 aliphatic rings. The van der Waals surface area contributed by atoms with Gasteiger partial charge < -0.3 is 5.32 Å². The topological polar surface area (TPSA) is 15.3 Å². The molecule has 2 nitrogen and oxygen atoms in total. The summed E-state index contributed by atoms with van der Waals surface area (Å²) in [5.41, 5.74) is 0. The Bertz CT molecular complexity index is 215. The Morgan fingerprint density at radius 2 is 1.94 bits per heavy atom. The molecule has 2 heteroatoms. The van der Waals surface area contributed by atoms with Crippen LogP contribution in [-0.2, 0) is 0 Å². The first-order valence-electron chi connectivity index (χ1n) is 8.09. The van der Waals surface area contributed by atoms with E-state index in [1.807, 2.05) is 0 Å². The van der Waals surface area contributed by atoms with E-state index in [-0.39, 0.29) is 0 Å². The molecule has 1 fully saturated rings. The zero-order valence-corrected chi connectivity index (χ0v) is 13.2. The van der Waals surface area contributed by atoms with Gasteiger partial charge in [-0.15, -0.1) is 0 Å². The van der Waals surface area contributed by atoms with Gasteiger partial charge in [0.25, 0.3) is 0 Å². The molecule has 0 aromatic rings. The molecule has 18 heavy (non-hydrogen) atoms. The summed E-state index contributed by atoms with van der Waals surface area (Å²) in [4.78, 5) is 2.63. The summed E-state index contributed by atoms with van der Waals surface area (Å²) in [6, 6.07) is 2.16. The molecule has 0 spiro atoms. The number of hydrogen-bond donors (Lipinski definition) is 1. The predicted molar refractivity (Wildman–Crippen MR) is 81.0 cm³/mol. The molecule has 0 aromatic heterocycles. The van der Waals surface area contributed by atoms with Crippen LogP contribution in [0.1, 0.15) is 66.2 Å². The van der Waals surface area contributed by atoms with Crippen molar-refractivity contribution in [1.82, 2.24) is 10.2 Å². The van der Waals surface area contributed by atoms with E-state index in [2.05, 4.69) is 45.0 Å². The Kier molecular flexibility index (Phi) is 7.25. The van der Waals surface area contributed by atoms with Gasteiger partial charge in [-0.1, -0.05) is 27.2 Å². The average Bonchev–Trinajstić information content (AvgIpc) is 2.43. The minimum Gasteiger partial charge on any atom is -0.312 e. The highest BCUT2D eigenvalue weighted by Crippen LogP contribution is 2.30. The second-order valence-electron chi connectivity index (χ2n) is 6.14. The van der Waals surface area contributed by atoms with Crippen LogP contribution in [0, 0.1) is 5.92 Å². The lowest BCUT2D eigenvalue weighted by atomic mass is 9.80. The Labute approximate surface area is 115 Å². The fourth-order valence-corrected chi connectivity index (χ4v) is 3.23. The molecule has 0 saturated heterocycles. The molecule has 1 N–H and O–H groups in total.